The summed E-state index contributed by atoms with van der Waals surface area (Å²) in [5.41, 5.74) is 1.03. The summed E-state index contributed by atoms with van der Waals surface area (Å²) < 4.78 is 33.9. The molecule has 1 aromatic heterocycles. The topological polar surface area (TPSA) is 66.9 Å². The highest BCUT2D eigenvalue weighted by Crippen LogP contribution is 2.26. The lowest BCUT2D eigenvalue weighted by Gasteiger charge is -2.27. The van der Waals surface area contributed by atoms with Crippen molar-refractivity contribution in [1.29, 1.82) is 0 Å². The van der Waals surface area contributed by atoms with Gasteiger partial charge >= 0.3 is 0 Å². The number of rotatable bonds is 8. The molecule has 1 saturated heterocycles. The molecule has 1 aromatic carbocycles. The smallest absolute Gasteiger partial charge is 0.254 e. The Bertz CT molecular complexity index is 1010. The normalized spacial score (nSPS) is 15.1. The first-order valence-corrected chi connectivity index (χ1v) is 12.4. The van der Waals surface area contributed by atoms with Crippen LogP contribution in [-0.4, -0.2) is 56.4 Å². The number of hydrogen-bond acceptors (Lipinski definition) is 5. The van der Waals surface area contributed by atoms with E-state index in [1.807, 2.05) is 13.0 Å². The van der Waals surface area contributed by atoms with Crippen LogP contribution in [0.15, 0.2) is 47.9 Å². The first-order valence-electron chi connectivity index (χ1n) is 9.72. The summed E-state index contributed by atoms with van der Waals surface area (Å²) >= 11 is 7.42. The van der Waals surface area contributed by atoms with Gasteiger partial charge in [-0.2, -0.15) is 4.31 Å². The molecule has 1 aliphatic heterocycles. The van der Waals surface area contributed by atoms with Gasteiger partial charge in [0.1, 0.15) is 0 Å². The van der Waals surface area contributed by atoms with Gasteiger partial charge in [0.15, 0.2) is 0 Å². The fraction of sp³-hybridized carbons (Fsp3) is 0.381. The Morgan fingerprint density at radius 2 is 2.03 bits per heavy atom. The third-order valence-electron chi connectivity index (χ3n) is 4.90. The molecule has 1 amide bonds. The second-order valence-electron chi connectivity index (χ2n) is 6.87. The first-order chi connectivity index (χ1) is 14.4. The highest BCUT2D eigenvalue weighted by molar-refractivity contribution is 7.89. The Kier molecular flexibility index (Phi) is 7.70. The number of sulfonamides is 1. The van der Waals surface area contributed by atoms with Crippen LogP contribution in [0.4, 0.5) is 0 Å². The molecule has 162 valence electrons. The van der Waals surface area contributed by atoms with E-state index in [4.69, 9.17) is 16.3 Å². The van der Waals surface area contributed by atoms with E-state index in [1.54, 1.807) is 29.2 Å². The number of hydrogen-bond donors (Lipinski definition) is 0. The second-order valence-corrected chi connectivity index (χ2v) is 10.6. The number of carbonyl (C=O) groups is 1. The van der Waals surface area contributed by atoms with Crippen LogP contribution in [0.25, 0.3) is 0 Å². The van der Waals surface area contributed by atoms with Crippen LogP contribution in [-0.2, 0) is 27.7 Å². The number of thiophene rings is 1. The van der Waals surface area contributed by atoms with Crippen molar-refractivity contribution >= 4 is 38.9 Å². The molecule has 0 atom stereocenters. The third-order valence-corrected chi connectivity index (χ3v) is 8.09. The van der Waals surface area contributed by atoms with E-state index >= 15 is 0 Å². The van der Waals surface area contributed by atoms with Gasteiger partial charge < -0.3 is 9.64 Å². The summed E-state index contributed by atoms with van der Waals surface area (Å²) in [5.74, 6) is -0.250. The lowest BCUT2D eigenvalue weighted by atomic mass is 10.1. The van der Waals surface area contributed by atoms with Gasteiger partial charge in [0.05, 0.1) is 29.0 Å². The van der Waals surface area contributed by atoms with Crippen LogP contribution in [0.2, 0.25) is 4.34 Å². The van der Waals surface area contributed by atoms with Gasteiger partial charge in [0.2, 0.25) is 10.0 Å². The summed E-state index contributed by atoms with van der Waals surface area (Å²) in [6.45, 7) is 7.72. The zero-order chi connectivity index (χ0) is 21.7. The van der Waals surface area contributed by atoms with Gasteiger partial charge in [-0.25, -0.2) is 8.42 Å². The van der Waals surface area contributed by atoms with Gasteiger partial charge in [-0.05, 0) is 36.2 Å². The molecule has 1 fully saturated rings. The minimum Gasteiger partial charge on any atom is -0.379 e. The molecule has 0 aliphatic carbocycles. The Morgan fingerprint density at radius 1 is 1.30 bits per heavy atom. The van der Waals surface area contributed by atoms with Crippen molar-refractivity contribution in [2.45, 2.75) is 24.8 Å². The number of ether oxygens (including phenoxy) is 1. The Balaban J connectivity index is 1.93. The molecule has 1 aliphatic rings. The molecule has 0 unspecified atom stereocenters. The number of benzene rings is 1. The van der Waals surface area contributed by atoms with Crippen molar-refractivity contribution in [2.75, 3.05) is 32.8 Å². The maximum atomic E-state index is 13.2. The quantitative estimate of drug-likeness (QED) is 0.552. The van der Waals surface area contributed by atoms with Crippen LogP contribution in [0.1, 0.15) is 27.7 Å². The van der Waals surface area contributed by atoms with E-state index in [1.165, 1.54) is 21.7 Å². The molecule has 2 aromatic rings. The minimum absolute atomic E-state index is 0.190. The van der Waals surface area contributed by atoms with Gasteiger partial charge in [0.25, 0.3) is 5.91 Å². The van der Waals surface area contributed by atoms with Crippen LogP contribution in [0.5, 0.6) is 0 Å². The number of aryl methyl sites for hydroxylation is 1. The molecular weight excluding hydrogens is 444 g/mol. The number of morpholine rings is 1. The van der Waals surface area contributed by atoms with E-state index in [-0.39, 0.29) is 10.8 Å². The summed E-state index contributed by atoms with van der Waals surface area (Å²) in [6, 6.07) is 8.60. The lowest BCUT2D eigenvalue weighted by Crippen LogP contribution is -2.41. The van der Waals surface area contributed by atoms with E-state index in [2.05, 4.69) is 6.58 Å². The summed E-state index contributed by atoms with van der Waals surface area (Å²) in [5, 5.41) is 0. The molecule has 0 saturated carbocycles. The molecule has 0 N–H and O–H groups in total. The van der Waals surface area contributed by atoms with Crippen molar-refractivity contribution in [3.05, 3.63) is 63.3 Å². The number of amides is 1. The van der Waals surface area contributed by atoms with Crippen LogP contribution >= 0.6 is 22.9 Å². The average molecular weight is 469 g/mol. The summed E-state index contributed by atoms with van der Waals surface area (Å²) in [7, 11) is -3.71. The fourth-order valence-corrected chi connectivity index (χ4v) is 6.16. The SMILES string of the molecule is C=CCN(Cc1ccc(Cl)s1)C(=O)c1ccc(CC)c(S(=O)(=O)N2CCOCC2)c1. The first kappa shape index (κ1) is 23.0. The number of carbonyl (C=O) groups excluding carboxylic acids is 1. The minimum atomic E-state index is -3.71. The Labute approximate surface area is 186 Å². The van der Waals surface area contributed by atoms with Crippen molar-refractivity contribution in [1.82, 2.24) is 9.21 Å². The summed E-state index contributed by atoms with van der Waals surface area (Å²) in [4.78, 5) is 16.0. The lowest BCUT2D eigenvalue weighted by molar-refractivity contribution is 0.0729. The van der Waals surface area contributed by atoms with Crippen molar-refractivity contribution in [3.63, 3.8) is 0 Å². The van der Waals surface area contributed by atoms with Gasteiger partial charge in [-0.1, -0.05) is 30.7 Å². The molecule has 9 heteroatoms. The van der Waals surface area contributed by atoms with E-state index in [0.29, 0.717) is 61.3 Å². The zero-order valence-corrected chi connectivity index (χ0v) is 19.2. The summed E-state index contributed by atoms with van der Waals surface area (Å²) in [6.07, 6.45) is 2.20. The highest BCUT2D eigenvalue weighted by atomic mass is 35.5. The molecule has 2 heterocycles. The Hall–Kier alpha value is -1.71. The fourth-order valence-electron chi connectivity index (χ4n) is 3.33. The largest absolute Gasteiger partial charge is 0.379 e. The number of nitrogens with zero attached hydrogens (tertiary/aromatic N) is 2. The number of halogens is 1. The molecule has 3 rings (SSSR count). The zero-order valence-electron chi connectivity index (χ0n) is 16.8. The third kappa shape index (κ3) is 5.12. The monoisotopic (exact) mass is 468 g/mol. The predicted molar refractivity (Wildman–Crippen MR) is 120 cm³/mol. The van der Waals surface area contributed by atoms with Gasteiger partial charge in [0, 0.05) is 30.1 Å². The molecule has 0 bridgehead atoms. The van der Waals surface area contributed by atoms with Crippen molar-refractivity contribution < 1.29 is 17.9 Å². The van der Waals surface area contributed by atoms with Gasteiger partial charge in [-0.15, -0.1) is 17.9 Å². The average Bonchev–Trinajstić information content (AvgIpc) is 3.17. The van der Waals surface area contributed by atoms with Crippen LogP contribution in [0.3, 0.4) is 0 Å². The molecule has 0 radical (unpaired) electrons. The van der Waals surface area contributed by atoms with Crippen molar-refractivity contribution in [3.8, 4) is 0 Å². The van der Waals surface area contributed by atoms with E-state index < -0.39 is 10.0 Å². The van der Waals surface area contributed by atoms with Crippen LogP contribution < -0.4 is 0 Å². The maximum absolute atomic E-state index is 13.2. The van der Waals surface area contributed by atoms with Crippen LogP contribution in [0, 0.1) is 0 Å². The van der Waals surface area contributed by atoms with Crippen molar-refractivity contribution in [2.24, 2.45) is 0 Å². The van der Waals surface area contributed by atoms with Gasteiger partial charge in [-0.3, -0.25) is 4.79 Å². The maximum Gasteiger partial charge on any atom is 0.254 e. The molecule has 6 nitrogen and oxygen atoms in total. The molecular formula is C21H25ClN2O4S2. The predicted octanol–water partition coefficient (Wildman–Crippen LogP) is 3.81. The highest BCUT2D eigenvalue weighted by Gasteiger charge is 2.29. The molecule has 0 spiro atoms. The van der Waals surface area contributed by atoms with E-state index in [0.717, 1.165) is 4.88 Å². The second kappa shape index (κ2) is 10.1. The van der Waals surface area contributed by atoms with E-state index in [9.17, 15) is 13.2 Å². The molecule has 30 heavy (non-hydrogen) atoms. The Morgan fingerprint density at radius 3 is 2.63 bits per heavy atom. The standard InChI is InChI=1S/C21H25ClN2O4S2/c1-3-9-23(15-18-7-8-20(22)29-18)21(25)17-6-5-16(4-2)19(14-17)30(26,27)24-10-12-28-13-11-24/h3,5-8,14H,1,4,9-13,15H2,2H3.